The molecule has 3 aliphatic rings. The number of aliphatic hydroxyl groups excluding tert-OH is 2. The summed E-state index contributed by atoms with van der Waals surface area (Å²) in [7, 11) is 3.43. The monoisotopic (exact) mass is 1890 g/mol. The number of aromatic nitrogens is 7. The third-order valence-electron chi connectivity index (χ3n) is 23.1. The molecule has 8 heterocycles. The molecule has 0 bridgehead atoms. The average molecular weight is 1900 g/mol. The van der Waals surface area contributed by atoms with Crippen molar-refractivity contribution in [1.82, 2.24) is 71.9 Å². The van der Waals surface area contributed by atoms with E-state index >= 15 is 13.2 Å². The highest BCUT2D eigenvalue weighted by atomic mass is 35.5. The molecule has 16 rings (SSSR count). The van der Waals surface area contributed by atoms with Crippen LogP contribution < -0.4 is 71.6 Å². The van der Waals surface area contributed by atoms with Gasteiger partial charge in [-0.05, 0) is 185 Å². The minimum Gasteiger partial charge on any atom is -0.480 e. The normalized spacial score (nSPS) is 15.8. The molecule has 1 unspecified atom stereocenters. The maximum Gasteiger partial charge on any atom is 0.320 e. The zero-order valence-electron chi connectivity index (χ0n) is 73.1. The second kappa shape index (κ2) is 45.0. The molecule has 8 aromatic carbocycles. The number of carboxylic acid groups (broad SMARTS) is 1. The number of rotatable bonds is 26. The van der Waals surface area contributed by atoms with E-state index in [9.17, 15) is 48.5 Å². The molecule has 0 aliphatic carbocycles. The van der Waals surface area contributed by atoms with Crippen molar-refractivity contribution in [2.75, 3.05) is 82.6 Å². The molecule has 3 fully saturated rings. The van der Waals surface area contributed by atoms with Gasteiger partial charge in [-0.15, -0.1) is 0 Å². The molecule has 3 aliphatic heterocycles. The number of likely N-dealkylation sites (N-methyl/N-ethyl adjacent to an activating group) is 1. The lowest BCUT2D eigenvalue weighted by Crippen LogP contribution is -2.38. The van der Waals surface area contributed by atoms with Crippen LogP contribution in [0.4, 0.5) is 40.8 Å². The fraction of sp³-hybridized carbons (Fsp3) is 0.224. The lowest BCUT2D eigenvalue weighted by atomic mass is 9.94. The number of nitrogens with zero attached hydrogens (tertiary/aromatic N) is 7. The molecule has 0 saturated carbocycles. The third-order valence-corrected chi connectivity index (χ3v) is 23.8. The van der Waals surface area contributed by atoms with Gasteiger partial charge in [-0.25, -0.2) is 42.5 Å². The van der Waals surface area contributed by atoms with E-state index in [-0.39, 0.29) is 102 Å². The number of carbonyl (C=O) groups is 6. The number of nitrogens with two attached hydrogens (primary N) is 6. The molecule has 22 N–H and O–H groups in total. The standard InChI is InChI=1S/C26H27ClFN5O3.C25H24ClFN6O.C25H25ClFN5O3.C22H21FN4O3/c1-30-26(36)22-10-17(11-31-22)16-8-20(24(29)32-12-16)14-5-6-19(21(28)9-14)25(35)33-23(13-34)15-3-2-4-18(27)7-15;1-14-21(13-33(2)32-14)17-9-20(24(29)30-12-17)15-6-7-19(22(27)10-15)25(34)31-23(11-28)16-4-3-5-18(26)8-16;26-17-3-1-2-14(6-17)22(10-28)32-24(33)18-5-4-13(8-20(18)27)19-7-15(12-31-23(19)29)16-9-21(25(34)35)30-11-16;23-17-8-14(20-21(24)25-9-18(26-20)15-11-30-12-15)6-7-16(17)22(29)27-19(10-28)13-4-2-1-3-5-13/h2-9,12,17,22-23,31,34H,10-11,13H2,1H3,(H2,29,32)(H,30,36)(H,33,35);3-10,12-13,23H,11,28H2,1-2H3,(H2,29,30)(H,31,34);1-8,12,16,21-22,30H,9-11,28H2,(H2,29,31)(H,32,33)(H,34,35);1-9,15,19,28H,10-12H2,(H2,24,25)(H,27,29)/t17-,22-,23+;;16-,21-,22+;19-/m0.01/s1. The number of aliphatic hydroxyl groups is 2. The lowest BCUT2D eigenvalue weighted by Gasteiger charge is -2.25. The number of ether oxygens (including phenoxy) is 1. The highest BCUT2D eigenvalue weighted by molar-refractivity contribution is 6.31. The van der Waals surface area contributed by atoms with Crippen molar-refractivity contribution in [2.45, 2.75) is 73.8 Å². The number of anilines is 4. The van der Waals surface area contributed by atoms with Crippen molar-refractivity contribution >= 4 is 93.6 Å². The first-order chi connectivity index (χ1) is 64.9. The summed E-state index contributed by atoms with van der Waals surface area (Å²) in [4.78, 5) is 95.6. The van der Waals surface area contributed by atoms with Crippen LogP contribution in [-0.2, 0) is 21.4 Å². The first kappa shape index (κ1) is 98.3. The van der Waals surface area contributed by atoms with Crippen molar-refractivity contribution in [3.63, 3.8) is 0 Å². The number of hydrogen-bond donors (Lipinski definition) is 16. The summed E-state index contributed by atoms with van der Waals surface area (Å²) in [5.74, 6) is -5.30. The van der Waals surface area contributed by atoms with Crippen LogP contribution in [0.1, 0.15) is 141 Å². The van der Waals surface area contributed by atoms with Gasteiger partial charge in [0.15, 0.2) is 0 Å². The number of carboxylic acids is 1. The largest absolute Gasteiger partial charge is 0.480 e. The summed E-state index contributed by atoms with van der Waals surface area (Å²) in [6, 6.07) is 48.7. The predicted molar refractivity (Wildman–Crippen MR) is 508 cm³/mol. The maximum atomic E-state index is 15.1. The van der Waals surface area contributed by atoms with E-state index in [1.807, 2.05) is 38.4 Å². The molecule has 30 nitrogen and oxygen atoms in total. The molecular formula is C98H97Cl3F4N20O10. The Hall–Kier alpha value is -14.2. The average Bonchev–Trinajstić information content (AvgIpc) is 1.66. The van der Waals surface area contributed by atoms with E-state index in [1.54, 1.807) is 164 Å². The second-order valence-electron chi connectivity index (χ2n) is 32.2. The fourth-order valence-corrected chi connectivity index (χ4v) is 16.3. The highest BCUT2D eigenvalue weighted by Crippen LogP contribution is 2.38. The van der Waals surface area contributed by atoms with Crippen LogP contribution in [0.5, 0.6) is 0 Å². The molecular weight excluding hydrogens is 1800 g/mol. The third kappa shape index (κ3) is 24.3. The van der Waals surface area contributed by atoms with Gasteiger partial charge in [0, 0.05) is 119 Å². The molecule has 37 heteroatoms. The SMILES string of the molecule is CNC(=O)[C@@H]1C[C@H](c2cnc(N)c(-c3ccc(C(=O)N[C@H](CO)c4cccc(Cl)c4)c(F)c3)c2)CN1.Cc1nn(C)cc1-c1cnc(N)c(-c2ccc(C(=O)NC(CN)c3cccc(Cl)c3)c(F)c2)c1.NC[C@@H](NC(=O)c1ccc(-c2cc([C@@H]3CN[C@H](C(=O)O)C3)cnc2N)cc1F)c1cccc(Cl)c1.Nc1ncc(C2COC2)nc1-c1ccc(C(=O)N[C@H](CO)c2ccccc2)c(F)c1. The molecule has 0 radical (unpaired) electrons. The molecule has 3 saturated heterocycles. The van der Waals surface area contributed by atoms with Gasteiger partial charge in [-0.2, -0.15) is 5.10 Å². The van der Waals surface area contributed by atoms with E-state index in [0.717, 1.165) is 44.8 Å². The van der Waals surface area contributed by atoms with Crippen LogP contribution in [0.2, 0.25) is 15.1 Å². The van der Waals surface area contributed by atoms with E-state index in [2.05, 4.69) is 67.2 Å². The van der Waals surface area contributed by atoms with E-state index < -0.39 is 83.1 Å². The number of nitrogens with one attached hydrogen (secondary N) is 7. The Balaban J connectivity index is 0.000000153. The van der Waals surface area contributed by atoms with Gasteiger partial charge < -0.3 is 91.7 Å². The van der Waals surface area contributed by atoms with Gasteiger partial charge in [0.05, 0.1) is 96.5 Å². The van der Waals surface area contributed by atoms with Crippen LogP contribution >= 0.6 is 34.8 Å². The van der Waals surface area contributed by atoms with E-state index in [1.165, 1.54) is 48.5 Å². The Morgan fingerprint density at radius 1 is 0.467 bits per heavy atom. The van der Waals surface area contributed by atoms with Gasteiger partial charge in [0.2, 0.25) is 5.91 Å². The number of amides is 5. The summed E-state index contributed by atoms with van der Waals surface area (Å²) in [6.45, 7) is 3.69. The number of halogens is 7. The topological polar surface area (TPSA) is 495 Å². The quantitative estimate of drug-likeness (QED) is 0.0224. The number of benzene rings is 8. The summed E-state index contributed by atoms with van der Waals surface area (Å²) < 4.78 is 66.8. The molecule has 135 heavy (non-hydrogen) atoms. The van der Waals surface area contributed by atoms with Crippen LogP contribution in [0.3, 0.4) is 0 Å². The Kier molecular flexibility index (Phi) is 32.8. The van der Waals surface area contributed by atoms with E-state index in [4.69, 9.17) is 73.9 Å². The number of aliphatic carboxylic acids is 1. The Morgan fingerprint density at radius 3 is 1.25 bits per heavy atom. The zero-order valence-corrected chi connectivity index (χ0v) is 75.3. The Labute approximate surface area is 788 Å². The van der Waals surface area contributed by atoms with Crippen molar-refractivity contribution in [1.29, 1.82) is 0 Å². The van der Waals surface area contributed by atoms with Crippen molar-refractivity contribution in [2.24, 2.45) is 18.5 Å². The van der Waals surface area contributed by atoms with Crippen molar-refractivity contribution in [3.05, 3.63) is 330 Å². The van der Waals surface area contributed by atoms with Crippen molar-refractivity contribution < 1.29 is 66.4 Å². The molecule has 5 amide bonds. The van der Waals surface area contributed by atoms with Gasteiger partial charge in [-0.1, -0.05) is 126 Å². The van der Waals surface area contributed by atoms with Crippen molar-refractivity contribution in [3.8, 4) is 55.8 Å². The van der Waals surface area contributed by atoms with Crippen LogP contribution in [0, 0.1) is 30.2 Å². The number of aryl methyl sites for hydroxylation is 2. The van der Waals surface area contributed by atoms with Crippen LogP contribution in [0.25, 0.3) is 55.8 Å². The fourth-order valence-electron chi connectivity index (χ4n) is 15.7. The number of hydrogen-bond acceptors (Lipinski definition) is 23. The Bertz CT molecular complexity index is 6530. The summed E-state index contributed by atoms with van der Waals surface area (Å²) in [5.41, 5.74) is 46.9. The first-order valence-electron chi connectivity index (χ1n) is 42.6. The summed E-state index contributed by atoms with van der Waals surface area (Å²) in [5, 5.41) is 54.0. The number of pyridine rings is 3. The summed E-state index contributed by atoms with van der Waals surface area (Å²) >= 11 is 18.1. The van der Waals surface area contributed by atoms with Gasteiger partial charge in [0.25, 0.3) is 23.6 Å². The van der Waals surface area contributed by atoms with Gasteiger partial charge >= 0.3 is 5.97 Å². The zero-order chi connectivity index (χ0) is 96.4. The van der Waals surface area contributed by atoms with Crippen LogP contribution in [-0.4, -0.2) is 157 Å². The molecule has 5 aromatic heterocycles. The molecule has 13 aromatic rings. The lowest BCUT2D eigenvalue weighted by molar-refractivity contribution is -0.139. The van der Waals surface area contributed by atoms with Gasteiger partial charge in [0.1, 0.15) is 58.3 Å². The molecule has 698 valence electrons. The minimum atomic E-state index is -0.903. The van der Waals surface area contributed by atoms with Gasteiger partial charge in [-0.3, -0.25) is 33.4 Å². The predicted octanol–water partition coefficient (Wildman–Crippen LogP) is 12.6. The maximum absolute atomic E-state index is 15.1. The second-order valence-corrected chi connectivity index (χ2v) is 33.5. The smallest absolute Gasteiger partial charge is 0.320 e. The minimum absolute atomic E-state index is 0.0518. The molecule has 8 atom stereocenters. The first-order valence-corrected chi connectivity index (χ1v) is 43.8. The molecule has 0 spiro atoms. The van der Waals surface area contributed by atoms with E-state index in [0.29, 0.717) is 110 Å². The highest BCUT2D eigenvalue weighted by Gasteiger charge is 2.34. The number of carbonyl (C=O) groups excluding carboxylic acids is 5. The number of nitrogen functional groups attached to an aromatic ring is 4. The Morgan fingerprint density at radius 2 is 0.859 bits per heavy atom. The van der Waals surface area contributed by atoms with Crippen LogP contribution in [0.15, 0.2) is 225 Å². The summed E-state index contributed by atoms with van der Waals surface area (Å²) in [6.07, 6.45) is 9.44.